The highest BCUT2D eigenvalue weighted by Crippen LogP contribution is 2.31. The number of nitrogens with zero attached hydrogens (tertiary/aromatic N) is 5. The zero-order valence-corrected chi connectivity index (χ0v) is 19.3. The molecule has 0 atom stereocenters. The molecule has 1 N–H and O–H groups in total. The fourth-order valence-corrected chi connectivity index (χ4v) is 4.92. The van der Waals surface area contributed by atoms with Gasteiger partial charge in [-0.2, -0.15) is 5.10 Å². The molecule has 2 aliphatic heterocycles. The molecule has 9 nitrogen and oxygen atoms in total. The Labute approximate surface area is 202 Å². The number of hydrogen-bond acceptors (Lipinski definition) is 6. The fraction of sp³-hybridized carbons (Fsp3) is 0.360. The first-order chi connectivity index (χ1) is 17.0. The number of piperidine rings is 1. The van der Waals surface area contributed by atoms with Gasteiger partial charge in [0.15, 0.2) is 0 Å². The van der Waals surface area contributed by atoms with Crippen LogP contribution >= 0.6 is 0 Å². The molecule has 35 heavy (non-hydrogen) atoms. The third-order valence-corrected chi connectivity index (χ3v) is 6.83. The number of benzene rings is 2. The number of nitrogens with one attached hydrogen (secondary N) is 1. The molecule has 2 fully saturated rings. The van der Waals surface area contributed by atoms with E-state index in [1.807, 2.05) is 4.90 Å². The fourth-order valence-electron chi connectivity index (χ4n) is 4.92. The van der Waals surface area contributed by atoms with Crippen LogP contribution in [0.5, 0.6) is 0 Å². The topological polar surface area (TPSA) is 96.5 Å². The van der Waals surface area contributed by atoms with Crippen molar-refractivity contribution in [2.75, 3.05) is 44.2 Å². The van der Waals surface area contributed by atoms with E-state index < -0.39 is 4.92 Å². The normalized spacial score (nSPS) is 16.9. The van der Waals surface area contributed by atoms with E-state index in [1.165, 1.54) is 24.3 Å². The van der Waals surface area contributed by atoms with Crippen LogP contribution in [-0.2, 0) is 0 Å². The van der Waals surface area contributed by atoms with Crippen molar-refractivity contribution in [3.05, 3.63) is 81.9 Å². The van der Waals surface area contributed by atoms with Gasteiger partial charge in [0.05, 0.1) is 28.1 Å². The predicted molar refractivity (Wildman–Crippen MR) is 130 cm³/mol. The number of anilines is 1. The number of non-ortho nitro benzene ring substituents is 1. The molecule has 3 aromatic rings. The second kappa shape index (κ2) is 9.83. The van der Waals surface area contributed by atoms with E-state index >= 15 is 0 Å². The summed E-state index contributed by atoms with van der Waals surface area (Å²) in [5.74, 6) is -0.156. The molecule has 0 unspecified atom stereocenters. The first-order valence-corrected chi connectivity index (χ1v) is 11.8. The van der Waals surface area contributed by atoms with E-state index in [9.17, 15) is 19.3 Å². The Bertz CT molecular complexity index is 1200. The summed E-state index contributed by atoms with van der Waals surface area (Å²) >= 11 is 0. The molecular formula is C25H27FN6O3. The van der Waals surface area contributed by atoms with Gasteiger partial charge in [-0.15, -0.1) is 0 Å². The molecule has 0 saturated carbocycles. The molecular weight excluding hydrogens is 451 g/mol. The Morgan fingerprint density at radius 1 is 0.971 bits per heavy atom. The molecule has 2 aliphatic rings. The summed E-state index contributed by atoms with van der Waals surface area (Å²) in [4.78, 5) is 28.3. The van der Waals surface area contributed by atoms with Crippen LogP contribution < -0.4 is 10.2 Å². The Kier molecular flexibility index (Phi) is 6.45. The first kappa shape index (κ1) is 23.0. The van der Waals surface area contributed by atoms with E-state index in [4.69, 9.17) is 0 Å². The number of carbonyl (C=O) groups is 1. The van der Waals surface area contributed by atoms with E-state index in [0.29, 0.717) is 37.4 Å². The summed E-state index contributed by atoms with van der Waals surface area (Å²) in [6.07, 6.45) is 3.40. The maximum absolute atomic E-state index is 13.6. The van der Waals surface area contributed by atoms with Crippen LogP contribution in [0.3, 0.4) is 0 Å². The summed E-state index contributed by atoms with van der Waals surface area (Å²) in [6.45, 7) is 4.17. The van der Waals surface area contributed by atoms with Gasteiger partial charge in [-0.05, 0) is 62.3 Å². The van der Waals surface area contributed by atoms with Crippen LogP contribution in [-0.4, -0.2) is 64.8 Å². The molecule has 3 heterocycles. The Hall–Kier alpha value is -3.79. The monoisotopic (exact) mass is 478 g/mol. The number of aromatic nitrogens is 2. The van der Waals surface area contributed by atoms with Crippen molar-refractivity contribution in [2.45, 2.75) is 18.8 Å². The Morgan fingerprint density at radius 3 is 2.23 bits per heavy atom. The second-order valence-corrected chi connectivity index (χ2v) is 8.91. The molecule has 5 rings (SSSR count). The van der Waals surface area contributed by atoms with Crippen LogP contribution in [0, 0.1) is 15.9 Å². The van der Waals surface area contributed by atoms with Crippen molar-refractivity contribution in [3.63, 3.8) is 0 Å². The maximum Gasteiger partial charge on any atom is 0.269 e. The molecule has 182 valence electrons. The summed E-state index contributed by atoms with van der Waals surface area (Å²) in [6, 6.07) is 12.7. The Morgan fingerprint density at radius 2 is 1.60 bits per heavy atom. The summed E-state index contributed by atoms with van der Waals surface area (Å²) in [7, 11) is 0. The zero-order chi connectivity index (χ0) is 24.4. The van der Waals surface area contributed by atoms with Gasteiger partial charge in [0.25, 0.3) is 11.6 Å². The van der Waals surface area contributed by atoms with Crippen LogP contribution in [0.1, 0.15) is 34.8 Å². The average molecular weight is 479 g/mol. The SMILES string of the molecule is O=C(c1cnn(-c2ccc([N+](=O)[O-])cc2)c1C1CCNCC1)N1CCN(c2ccc(F)cc2)CC1. The lowest BCUT2D eigenvalue weighted by Crippen LogP contribution is -2.49. The second-order valence-electron chi connectivity index (χ2n) is 8.91. The van der Waals surface area contributed by atoms with Gasteiger partial charge in [-0.1, -0.05) is 0 Å². The van der Waals surface area contributed by atoms with Gasteiger partial charge in [0.1, 0.15) is 5.82 Å². The highest BCUT2D eigenvalue weighted by molar-refractivity contribution is 5.95. The van der Waals surface area contributed by atoms with E-state index in [1.54, 1.807) is 35.1 Å². The van der Waals surface area contributed by atoms with E-state index in [-0.39, 0.29) is 23.3 Å². The predicted octanol–water partition coefficient (Wildman–Crippen LogP) is 3.35. The molecule has 0 spiro atoms. The third kappa shape index (κ3) is 4.74. The smallest absolute Gasteiger partial charge is 0.269 e. The average Bonchev–Trinajstić information content (AvgIpc) is 3.34. The van der Waals surface area contributed by atoms with Gasteiger partial charge in [-0.25, -0.2) is 9.07 Å². The lowest BCUT2D eigenvalue weighted by molar-refractivity contribution is -0.384. The maximum atomic E-state index is 13.6. The number of amides is 1. The minimum absolute atomic E-state index is 0.0136. The largest absolute Gasteiger partial charge is 0.368 e. The highest BCUT2D eigenvalue weighted by Gasteiger charge is 2.31. The molecule has 10 heteroatoms. The number of carbonyl (C=O) groups excluding carboxylic acids is 1. The van der Waals surface area contributed by atoms with Gasteiger partial charge >= 0.3 is 0 Å². The number of hydrogen-bond donors (Lipinski definition) is 1. The van der Waals surface area contributed by atoms with Crippen molar-refractivity contribution < 1.29 is 14.1 Å². The molecule has 0 aliphatic carbocycles. The molecule has 0 radical (unpaired) electrons. The Balaban J connectivity index is 1.39. The van der Waals surface area contributed by atoms with Crippen LogP contribution in [0.25, 0.3) is 5.69 Å². The molecule has 1 amide bonds. The number of nitro groups is 1. The minimum atomic E-state index is -0.429. The van der Waals surface area contributed by atoms with Crippen molar-refractivity contribution in [1.82, 2.24) is 20.0 Å². The summed E-state index contributed by atoms with van der Waals surface area (Å²) in [5, 5.41) is 19.0. The first-order valence-electron chi connectivity index (χ1n) is 11.8. The molecule has 2 saturated heterocycles. The summed E-state index contributed by atoms with van der Waals surface area (Å²) in [5.41, 5.74) is 3.11. The zero-order valence-electron chi connectivity index (χ0n) is 19.3. The van der Waals surface area contributed by atoms with Crippen LogP contribution in [0.4, 0.5) is 15.8 Å². The molecule has 2 aromatic carbocycles. The van der Waals surface area contributed by atoms with Crippen LogP contribution in [0.15, 0.2) is 54.7 Å². The molecule has 1 aromatic heterocycles. The quantitative estimate of drug-likeness (QED) is 0.446. The molecule has 0 bridgehead atoms. The number of rotatable bonds is 5. The van der Waals surface area contributed by atoms with Crippen LogP contribution in [0.2, 0.25) is 0 Å². The lowest BCUT2D eigenvalue weighted by atomic mass is 9.91. The van der Waals surface area contributed by atoms with E-state index in [0.717, 1.165) is 37.3 Å². The number of nitro benzene ring substituents is 1. The summed E-state index contributed by atoms with van der Waals surface area (Å²) < 4.78 is 15.0. The van der Waals surface area contributed by atoms with Gasteiger partial charge in [0, 0.05) is 49.9 Å². The minimum Gasteiger partial charge on any atom is -0.368 e. The highest BCUT2D eigenvalue weighted by atomic mass is 19.1. The third-order valence-electron chi connectivity index (χ3n) is 6.83. The van der Waals surface area contributed by atoms with Gasteiger partial charge < -0.3 is 15.1 Å². The van der Waals surface area contributed by atoms with Gasteiger partial charge in [-0.3, -0.25) is 14.9 Å². The van der Waals surface area contributed by atoms with Crippen molar-refractivity contribution >= 4 is 17.3 Å². The van der Waals surface area contributed by atoms with E-state index in [2.05, 4.69) is 15.3 Å². The van der Waals surface area contributed by atoms with Crippen molar-refractivity contribution in [2.24, 2.45) is 0 Å². The lowest BCUT2D eigenvalue weighted by Gasteiger charge is -2.36. The van der Waals surface area contributed by atoms with Crippen molar-refractivity contribution in [1.29, 1.82) is 0 Å². The standard InChI is InChI=1S/C25H27FN6O3/c26-19-1-3-20(4-2-19)29-13-15-30(16-14-29)25(33)23-17-28-31(24(23)18-9-11-27-12-10-18)21-5-7-22(8-6-21)32(34)35/h1-8,17-18,27H,9-16H2. The van der Waals surface area contributed by atoms with Gasteiger partial charge in [0.2, 0.25) is 0 Å². The number of halogens is 1. The number of piperazine rings is 1. The van der Waals surface area contributed by atoms with Crippen molar-refractivity contribution in [3.8, 4) is 5.69 Å².